The summed E-state index contributed by atoms with van der Waals surface area (Å²) in [6, 6.07) is 0. The van der Waals surface area contributed by atoms with Crippen LogP contribution in [0.25, 0.3) is 11.0 Å². The van der Waals surface area contributed by atoms with Gasteiger partial charge < -0.3 is 28.7 Å². The number of halogens is 1. The van der Waals surface area contributed by atoms with E-state index in [9.17, 15) is 23.7 Å². The number of H-pyrrole nitrogens is 1. The van der Waals surface area contributed by atoms with Gasteiger partial charge in [0, 0.05) is 6.20 Å². The standard InChI is InChI=1S/C17H27FN3O7PSi/c1-17(2,3)30(4,5)28-12-10(7-22)26-16(13(12)27-29(24)25)21-6-9(18)11-14(21)19-8-20-15(11)23/h6,8,10,12-13,16,22,29H,7H2,1-5H3,(H,24,25)(H,19,20,23)/t10-,12?,13-,16-/m1/s1. The zero-order valence-corrected chi connectivity index (χ0v) is 19.4. The fraction of sp³-hybridized carbons (Fsp3) is 0.647. The number of hydrogen-bond acceptors (Lipinski definition) is 7. The third-order valence-corrected chi connectivity index (χ3v) is 10.7. The fourth-order valence-electron chi connectivity index (χ4n) is 3.22. The molecule has 2 aromatic heterocycles. The molecule has 0 bridgehead atoms. The van der Waals surface area contributed by atoms with Crippen molar-refractivity contribution >= 4 is 27.6 Å². The smallest absolute Gasteiger partial charge is 0.317 e. The number of rotatable bonds is 6. The minimum absolute atomic E-state index is 0.0165. The summed E-state index contributed by atoms with van der Waals surface area (Å²) < 4.78 is 44.8. The van der Waals surface area contributed by atoms with Gasteiger partial charge in [-0.15, -0.1) is 0 Å². The Labute approximate surface area is 174 Å². The first kappa shape index (κ1) is 23.3. The number of ether oxygens (including phenoxy) is 1. The summed E-state index contributed by atoms with van der Waals surface area (Å²) in [6.45, 7) is 9.60. The van der Waals surface area contributed by atoms with Crippen molar-refractivity contribution in [2.75, 3.05) is 6.61 Å². The summed E-state index contributed by atoms with van der Waals surface area (Å²) in [5, 5.41) is 9.42. The maximum atomic E-state index is 14.5. The van der Waals surface area contributed by atoms with E-state index in [0.717, 1.165) is 12.5 Å². The maximum absolute atomic E-state index is 14.5. The van der Waals surface area contributed by atoms with Crippen LogP contribution in [0.3, 0.4) is 0 Å². The van der Waals surface area contributed by atoms with Crippen molar-refractivity contribution in [1.82, 2.24) is 14.5 Å². The minimum atomic E-state index is -3.44. The molecule has 0 radical (unpaired) electrons. The van der Waals surface area contributed by atoms with E-state index in [0.29, 0.717) is 0 Å². The van der Waals surface area contributed by atoms with Crippen molar-refractivity contribution in [2.24, 2.45) is 0 Å². The molecule has 1 aliphatic heterocycles. The van der Waals surface area contributed by atoms with Gasteiger partial charge in [-0.1, -0.05) is 20.8 Å². The molecule has 0 spiro atoms. The molecule has 1 fully saturated rings. The lowest BCUT2D eigenvalue weighted by Gasteiger charge is -2.40. The predicted molar refractivity (Wildman–Crippen MR) is 109 cm³/mol. The van der Waals surface area contributed by atoms with E-state index >= 15 is 0 Å². The molecule has 1 aliphatic rings. The molecule has 5 atom stereocenters. The zero-order chi connectivity index (χ0) is 22.4. The summed E-state index contributed by atoms with van der Waals surface area (Å²) >= 11 is 0. The Kier molecular flexibility index (Phi) is 6.41. The van der Waals surface area contributed by atoms with E-state index in [2.05, 4.69) is 9.97 Å². The van der Waals surface area contributed by atoms with Gasteiger partial charge >= 0.3 is 8.25 Å². The monoisotopic (exact) mass is 463 g/mol. The van der Waals surface area contributed by atoms with Gasteiger partial charge in [-0.05, 0) is 18.1 Å². The lowest BCUT2D eigenvalue weighted by atomic mass is 10.1. The minimum Gasteiger partial charge on any atom is -0.408 e. The van der Waals surface area contributed by atoms with Gasteiger partial charge in [-0.2, -0.15) is 0 Å². The first-order chi connectivity index (χ1) is 13.9. The van der Waals surface area contributed by atoms with Crippen LogP contribution in [0, 0.1) is 5.82 Å². The normalized spacial score (nSPS) is 26.4. The van der Waals surface area contributed by atoms with Crippen LogP contribution in [0.1, 0.15) is 27.0 Å². The average molecular weight is 463 g/mol. The third kappa shape index (κ3) is 4.18. The highest BCUT2D eigenvalue weighted by Gasteiger charge is 2.52. The number of nitrogens with one attached hydrogen (secondary N) is 1. The highest BCUT2D eigenvalue weighted by atomic mass is 31.1. The topological polar surface area (TPSA) is 136 Å². The van der Waals surface area contributed by atoms with E-state index in [1.807, 2.05) is 33.9 Å². The second-order valence-corrected chi connectivity index (χ2v) is 14.3. The first-order valence-corrected chi connectivity index (χ1v) is 13.6. The lowest BCUT2D eigenvalue weighted by molar-refractivity contribution is -0.0480. The van der Waals surface area contributed by atoms with Gasteiger partial charge in [0.15, 0.2) is 26.0 Å². The molecule has 2 aromatic rings. The Balaban J connectivity index is 2.08. The summed E-state index contributed by atoms with van der Waals surface area (Å²) in [4.78, 5) is 27.8. The van der Waals surface area contributed by atoms with Crippen LogP contribution < -0.4 is 5.56 Å². The predicted octanol–water partition coefficient (Wildman–Crippen LogP) is 1.91. The molecule has 0 amide bonds. The summed E-state index contributed by atoms with van der Waals surface area (Å²) in [6.07, 6.45) is -1.91. The van der Waals surface area contributed by atoms with Crippen molar-refractivity contribution in [3.05, 3.63) is 28.7 Å². The second kappa shape index (κ2) is 8.27. The molecule has 0 aromatic carbocycles. The molecule has 3 rings (SSSR count). The molecule has 10 nitrogen and oxygen atoms in total. The fourth-order valence-corrected chi connectivity index (χ4v) is 5.03. The Morgan fingerprint density at radius 1 is 1.40 bits per heavy atom. The molecular weight excluding hydrogens is 436 g/mol. The summed E-state index contributed by atoms with van der Waals surface area (Å²) in [7, 11) is -5.84. The van der Waals surface area contributed by atoms with E-state index in [1.54, 1.807) is 0 Å². The van der Waals surface area contributed by atoms with Crippen molar-refractivity contribution in [1.29, 1.82) is 0 Å². The molecular formula is C17H27FN3O7PSi. The zero-order valence-electron chi connectivity index (χ0n) is 17.4. The number of nitrogens with zero attached hydrogens (tertiary/aromatic N) is 2. The average Bonchev–Trinajstić information content (AvgIpc) is 3.12. The number of aliphatic hydroxyl groups is 1. The highest BCUT2D eigenvalue weighted by Crippen LogP contribution is 2.44. The van der Waals surface area contributed by atoms with Crippen molar-refractivity contribution in [3.8, 4) is 0 Å². The molecule has 3 heterocycles. The molecule has 13 heteroatoms. The van der Waals surface area contributed by atoms with Gasteiger partial charge in [0.2, 0.25) is 0 Å². The lowest BCUT2D eigenvalue weighted by Crippen LogP contribution is -2.50. The quantitative estimate of drug-likeness (QED) is 0.437. The van der Waals surface area contributed by atoms with E-state index in [4.69, 9.17) is 13.7 Å². The Hall–Kier alpha value is -1.40. The molecule has 168 valence electrons. The molecule has 3 N–H and O–H groups in total. The van der Waals surface area contributed by atoms with Crippen molar-refractivity contribution in [3.63, 3.8) is 0 Å². The van der Waals surface area contributed by atoms with Crippen LogP contribution >= 0.6 is 8.25 Å². The molecule has 2 unspecified atom stereocenters. The molecule has 1 saturated heterocycles. The largest absolute Gasteiger partial charge is 0.408 e. The molecule has 0 aliphatic carbocycles. The number of aromatic nitrogens is 3. The Morgan fingerprint density at radius 3 is 2.63 bits per heavy atom. The maximum Gasteiger partial charge on any atom is 0.317 e. The number of aliphatic hydroxyl groups excluding tert-OH is 1. The van der Waals surface area contributed by atoms with Gasteiger partial charge in [0.05, 0.1) is 12.9 Å². The third-order valence-electron chi connectivity index (χ3n) is 5.78. The molecule has 30 heavy (non-hydrogen) atoms. The summed E-state index contributed by atoms with van der Waals surface area (Å²) in [5.74, 6) is -0.826. The van der Waals surface area contributed by atoms with Crippen LogP contribution in [0.4, 0.5) is 4.39 Å². The molecule has 0 saturated carbocycles. The first-order valence-electron chi connectivity index (χ1n) is 9.45. The van der Waals surface area contributed by atoms with Gasteiger partial charge in [0.25, 0.3) is 5.56 Å². The number of fused-ring (bicyclic) bond motifs is 1. The van der Waals surface area contributed by atoms with E-state index in [-0.39, 0.29) is 16.1 Å². The number of hydrogen-bond donors (Lipinski definition) is 3. The van der Waals surface area contributed by atoms with Gasteiger partial charge in [-0.25, -0.2) is 9.37 Å². The highest BCUT2D eigenvalue weighted by molar-refractivity contribution is 7.32. The van der Waals surface area contributed by atoms with E-state index < -0.39 is 59.1 Å². The van der Waals surface area contributed by atoms with Crippen LogP contribution in [0.15, 0.2) is 17.3 Å². The van der Waals surface area contributed by atoms with Gasteiger partial charge in [0.1, 0.15) is 23.7 Å². The van der Waals surface area contributed by atoms with Crippen LogP contribution in [-0.2, 0) is 18.3 Å². The van der Waals surface area contributed by atoms with Crippen LogP contribution in [0.5, 0.6) is 0 Å². The van der Waals surface area contributed by atoms with Gasteiger partial charge in [-0.3, -0.25) is 13.9 Å². The van der Waals surface area contributed by atoms with Crippen LogP contribution in [0.2, 0.25) is 18.1 Å². The van der Waals surface area contributed by atoms with Crippen LogP contribution in [-0.4, -0.2) is 57.8 Å². The Morgan fingerprint density at radius 2 is 2.07 bits per heavy atom. The van der Waals surface area contributed by atoms with E-state index in [1.165, 1.54) is 4.57 Å². The Bertz CT molecular complexity index is 1010. The second-order valence-electron chi connectivity index (χ2n) is 8.75. The summed E-state index contributed by atoms with van der Waals surface area (Å²) in [5.41, 5.74) is -0.688. The van der Waals surface area contributed by atoms with Crippen molar-refractivity contribution in [2.45, 2.75) is 63.4 Å². The SMILES string of the molecule is CC(C)(C)[Si](C)(C)OC1[C@@H](O[PH](=O)O)[C@H](n2cc(F)c3c(=O)[nH]cnc32)O[C@@H]1CO. The number of aromatic amines is 1. The van der Waals surface area contributed by atoms with Crippen molar-refractivity contribution < 1.29 is 32.6 Å².